The first-order valence-corrected chi connectivity index (χ1v) is 9.93. The number of hydrogen-bond donors (Lipinski definition) is 1. The molecule has 0 saturated carbocycles. The third kappa shape index (κ3) is 4.17. The number of ketones is 1. The van der Waals surface area contributed by atoms with Crippen molar-refractivity contribution in [3.8, 4) is 22.6 Å². The highest BCUT2D eigenvalue weighted by Crippen LogP contribution is 2.25. The Balaban J connectivity index is 1.46. The zero-order valence-corrected chi connectivity index (χ0v) is 16.7. The zero-order chi connectivity index (χ0) is 20.4. The Bertz CT molecular complexity index is 1170. The Hall–Kier alpha value is -3.51. The molecule has 2 aromatic carbocycles. The first-order chi connectivity index (χ1) is 14.0. The van der Waals surface area contributed by atoms with Crippen LogP contribution >= 0.6 is 11.3 Å². The molecular weight excluding hydrogens is 384 g/mol. The van der Waals surface area contributed by atoms with Crippen LogP contribution < -0.4 is 5.32 Å². The standard InChI is InChI=1S/C23H18N2O3S/c1-14(26)16-3-5-18(6-4-16)21-11-12-22(28-21)23(27)25-19-9-7-17(8-10-19)20-13-29-15(2)24-20/h3-13H,1-2H3,(H,25,27). The summed E-state index contributed by atoms with van der Waals surface area (Å²) in [6, 6.07) is 18.0. The van der Waals surface area contributed by atoms with E-state index in [-0.39, 0.29) is 17.5 Å². The van der Waals surface area contributed by atoms with Crippen molar-refractivity contribution in [1.29, 1.82) is 0 Å². The lowest BCUT2D eigenvalue weighted by Crippen LogP contribution is -2.10. The number of carbonyl (C=O) groups excluding carboxylic acids is 2. The van der Waals surface area contributed by atoms with Gasteiger partial charge in [0.2, 0.25) is 0 Å². The molecule has 0 aliphatic carbocycles. The van der Waals surface area contributed by atoms with Gasteiger partial charge in [-0.05, 0) is 38.1 Å². The summed E-state index contributed by atoms with van der Waals surface area (Å²) >= 11 is 1.60. The number of nitrogens with one attached hydrogen (secondary N) is 1. The quantitative estimate of drug-likeness (QED) is 0.426. The maximum Gasteiger partial charge on any atom is 0.291 e. The van der Waals surface area contributed by atoms with Crippen molar-refractivity contribution in [2.45, 2.75) is 13.8 Å². The summed E-state index contributed by atoms with van der Waals surface area (Å²) in [6.07, 6.45) is 0. The number of hydrogen-bond acceptors (Lipinski definition) is 5. The van der Waals surface area contributed by atoms with Crippen LogP contribution in [0.2, 0.25) is 0 Å². The van der Waals surface area contributed by atoms with E-state index in [0.717, 1.165) is 21.8 Å². The Morgan fingerprint density at radius 1 is 0.931 bits per heavy atom. The van der Waals surface area contributed by atoms with E-state index in [9.17, 15) is 9.59 Å². The maximum atomic E-state index is 12.5. The molecule has 0 bridgehead atoms. The van der Waals surface area contributed by atoms with Gasteiger partial charge in [-0.2, -0.15) is 0 Å². The van der Waals surface area contributed by atoms with Crippen molar-refractivity contribution in [2.24, 2.45) is 0 Å². The van der Waals surface area contributed by atoms with Crippen molar-refractivity contribution >= 4 is 28.7 Å². The Labute approximate surface area is 172 Å². The van der Waals surface area contributed by atoms with Crippen molar-refractivity contribution in [1.82, 2.24) is 4.98 Å². The van der Waals surface area contributed by atoms with E-state index >= 15 is 0 Å². The molecule has 6 heteroatoms. The van der Waals surface area contributed by atoms with Gasteiger partial charge in [-0.25, -0.2) is 4.98 Å². The van der Waals surface area contributed by atoms with E-state index in [4.69, 9.17) is 4.42 Å². The molecule has 144 valence electrons. The number of rotatable bonds is 5. The second kappa shape index (κ2) is 7.85. The maximum absolute atomic E-state index is 12.5. The third-order valence-corrected chi connectivity index (χ3v) is 5.24. The molecule has 4 rings (SSSR count). The summed E-state index contributed by atoms with van der Waals surface area (Å²) in [5, 5.41) is 5.86. The fraction of sp³-hybridized carbons (Fsp3) is 0.0870. The number of nitrogens with zero attached hydrogens (tertiary/aromatic N) is 1. The summed E-state index contributed by atoms with van der Waals surface area (Å²) in [4.78, 5) is 28.3. The van der Waals surface area contributed by atoms with E-state index < -0.39 is 0 Å². The molecular formula is C23H18N2O3S. The van der Waals surface area contributed by atoms with Crippen LogP contribution in [0, 0.1) is 6.92 Å². The molecule has 2 heterocycles. The lowest BCUT2D eigenvalue weighted by Gasteiger charge is -2.04. The van der Waals surface area contributed by atoms with Crippen LogP contribution in [-0.2, 0) is 0 Å². The van der Waals surface area contributed by atoms with E-state index in [1.165, 1.54) is 6.92 Å². The highest BCUT2D eigenvalue weighted by molar-refractivity contribution is 7.09. The number of amides is 1. The van der Waals surface area contributed by atoms with Crippen LogP contribution in [-0.4, -0.2) is 16.7 Å². The lowest BCUT2D eigenvalue weighted by molar-refractivity contribution is 0.0994. The first kappa shape index (κ1) is 18.8. The largest absolute Gasteiger partial charge is 0.451 e. The molecule has 1 amide bonds. The summed E-state index contributed by atoms with van der Waals surface area (Å²) < 4.78 is 5.69. The molecule has 0 saturated heterocycles. The number of benzene rings is 2. The average Bonchev–Trinajstić information content (AvgIpc) is 3.38. The number of furan rings is 1. The predicted molar refractivity (Wildman–Crippen MR) is 114 cm³/mol. The van der Waals surface area contributed by atoms with Crippen LogP contribution in [0.25, 0.3) is 22.6 Å². The Morgan fingerprint density at radius 3 is 2.24 bits per heavy atom. The van der Waals surface area contributed by atoms with Gasteiger partial charge in [0, 0.05) is 27.8 Å². The zero-order valence-electron chi connectivity index (χ0n) is 15.9. The second-order valence-corrected chi connectivity index (χ2v) is 7.64. The predicted octanol–water partition coefficient (Wildman–Crippen LogP) is 5.83. The Morgan fingerprint density at radius 2 is 1.62 bits per heavy atom. The first-order valence-electron chi connectivity index (χ1n) is 9.05. The monoisotopic (exact) mass is 402 g/mol. The number of aromatic nitrogens is 1. The summed E-state index contributed by atoms with van der Waals surface area (Å²) in [5.74, 6) is 0.468. The molecule has 0 atom stereocenters. The SMILES string of the molecule is CC(=O)c1ccc(-c2ccc(C(=O)Nc3ccc(-c4csc(C)n4)cc3)o2)cc1. The molecule has 0 aliphatic rings. The molecule has 5 nitrogen and oxygen atoms in total. The van der Waals surface area contributed by atoms with Gasteiger partial charge in [0.25, 0.3) is 5.91 Å². The van der Waals surface area contributed by atoms with Crippen LogP contribution in [0.4, 0.5) is 5.69 Å². The summed E-state index contributed by atoms with van der Waals surface area (Å²) in [7, 11) is 0. The van der Waals surface area contributed by atoms with Crippen molar-refractivity contribution in [3.63, 3.8) is 0 Å². The van der Waals surface area contributed by atoms with Gasteiger partial charge < -0.3 is 9.73 Å². The smallest absolute Gasteiger partial charge is 0.291 e. The molecule has 4 aromatic rings. The van der Waals surface area contributed by atoms with Crippen LogP contribution in [0.15, 0.2) is 70.5 Å². The van der Waals surface area contributed by atoms with Crippen molar-refractivity contribution in [2.75, 3.05) is 5.32 Å². The van der Waals surface area contributed by atoms with Gasteiger partial charge in [0.1, 0.15) is 5.76 Å². The van der Waals surface area contributed by atoms with Crippen molar-refractivity contribution < 1.29 is 14.0 Å². The normalized spacial score (nSPS) is 10.7. The average molecular weight is 402 g/mol. The van der Waals surface area contributed by atoms with Gasteiger partial charge >= 0.3 is 0 Å². The molecule has 0 unspecified atom stereocenters. The fourth-order valence-electron chi connectivity index (χ4n) is 2.90. The van der Waals surface area contributed by atoms with Crippen LogP contribution in [0.3, 0.4) is 0 Å². The number of Topliss-reactive ketones (excluding diaryl/α,β-unsaturated/α-hetero) is 1. The lowest BCUT2D eigenvalue weighted by atomic mass is 10.1. The topological polar surface area (TPSA) is 72.2 Å². The molecule has 0 spiro atoms. The van der Waals surface area contributed by atoms with Crippen LogP contribution in [0.1, 0.15) is 32.8 Å². The number of thiazole rings is 1. The van der Waals surface area contributed by atoms with Crippen molar-refractivity contribution in [3.05, 3.63) is 82.4 Å². The second-order valence-electron chi connectivity index (χ2n) is 6.58. The van der Waals surface area contributed by atoms with Gasteiger partial charge in [-0.3, -0.25) is 9.59 Å². The molecule has 1 N–H and O–H groups in total. The summed E-state index contributed by atoms with van der Waals surface area (Å²) in [6.45, 7) is 3.49. The van der Waals surface area contributed by atoms with Gasteiger partial charge in [-0.15, -0.1) is 11.3 Å². The highest BCUT2D eigenvalue weighted by Gasteiger charge is 2.13. The molecule has 2 aromatic heterocycles. The molecule has 0 fully saturated rings. The van der Waals surface area contributed by atoms with E-state index in [0.29, 0.717) is 17.0 Å². The minimum absolute atomic E-state index is 0.00648. The minimum atomic E-state index is -0.325. The van der Waals surface area contributed by atoms with E-state index in [1.54, 1.807) is 47.7 Å². The highest BCUT2D eigenvalue weighted by atomic mass is 32.1. The minimum Gasteiger partial charge on any atom is -0.451 e. The van der Waals surface area contributed by atoms with Gasteiger partial charge in [0.15, 0.2) is 11.5 Å². The summed E-state index contributed by atoms with van der Waals surface area (Å²) in [5.41, 5.74) is 4.04. The van der Waals surface area contributed by atoms with Gasteiger partial charge in [0.05, 0.1) is 10.7 Å². The fourth-order valence-corrected chi connectivity index (χ4v) is 3.52. The Kier molecular flexibility index (Phi) is 5.10. The molecule has 29 heavy (non-hydrogen) atoms. The number of anilines is 1. The molecule has 0 radical (unpaired) electrons. The molecule has 0 aliphatic heterocycles. The van der Waals surface area contributed by atoms with Crippen LogP contribution in [0.5, 0.6) is 0 Å². The third-order valence-electron chi connectivity index (χ3n) is 4.46. The van der Waals surface area contributed by atoms with E-state index in [1.807, 2.05) is 36.6 Å². The number of aryl methyl sites for hydroxylation is 1. The van der Waals surface area contributed by atoms with E-state index in [2.05, 4.69) is 10.3 Å². The number of carbonyl (C=O) groups is 2. The van der Waals surface area contributed by atoms with Gasteiger partial charge in [-0.1, -0.05) is 36.4 Å².